The summed E-state index contributed by atoms with van der Waals surface area (Å²) in [5.41, 5.74) is 0.689. The van der Waals surface area contributed by atoms with Crippen LogP contribution in [0, 0.1) is 23.7 Å². The van der Waals surface area contributed by atoms with Crippen LogP contribution in [0.2, 0.25) is 0 Å². The van der Waals surface area contributed by atoms with Crippen molar-refractivity contribution in [2.24, 2.45) is 23.7 Å². The van der Waals surface area contributed by atoms with Crippen LogP contribution >= 0.6 is 0 Å². The lowest BCUT2D eigenvalue weighted by atomic mass is 9.85. The molecule has 1 heterocycles. The van der Waals surface area contributed by atoms with Crippen LogP contribution < -0.4 is 5.32 Å². The molecule has 3 amide bonds. The van der Waals surface area contributed by atoms with Crippen molar-refractivity contribution >= 4 is 34.2 Å². The molecule has 2 aromatic rings. The van der Waals surface area contributed by atoms with Crippen LogP contribution in [-0.4, -0.2) is 29.2 Å². The molecular weight excluding hydrogens is 328 g/mol. The van der Waals surface area contributed by atoms with Gasteiger partial charge in [-0.1, -0.05) is 48.6 Å². The Hall–Kier alpha value is -2.95. The van der Waals surface area contributed by atoms with Gasteiger partial charge in [-0.3, -0.25) is 19.3 Å². The Morgan fingerprint density at radius 2 is 1.62 bits per heavy atom. The lowest BCUT2D eigenvalue weighted by Crippen LogP contribution is -2.39. The minimum atomic E-state index is -0.344. The molecule has 5 nitrogen and oxygen atoms in total. The maximum absolute atomic E-state index is 12.7. The summed E-state index contributed by atoms with van der Waals surface area (Å²) in [5, 5.41) is 4.81. The van der Waals surface area contributed by atoms with Crippen molar-refractivity contribution in [3.05, 3.63) is 54.6 Å². The second-order valence-corrected chi connectivity index (χ2v) is 7.34. The molecule has 2 aromatic carbocycles. The van der Waals surface area contributed by atoms with Gasteiger partial charge in [0, 0.05) is 11.1 Å². The maximum atomic E-state index is 12.7. The molecule has 2 aliphatic carbocycles. The first-order chi connectivity index (χ1) is 12.6. The molecule has 0 aromatic heterocycles. The van der Waals surface area contributed by atoms with E-state index in [4.69, 9.17) is 0 Å². The predicted molar refractivity (Wildman–Crippen MR) is 97.0 cm³/mol. The third-order valence-electron chi connectivity index (χ3n) is 5.93. The lowest BCUT2D eigenvalue weighted by Gasteiger charge is -2.17. The number of hydrogen-bond acceptors (Lipinski definition) is 3. The van der Waals surface area contributed by atoms with Gasteiger partial charge in [0.25, 0.3) is 0 Å². The van der Waals surface area contributed by atoms with Gasteiger partial charge in [0.15, 0.2) is 0 Å². The molecule has 2 bridgehead atoms. The number of nitrogens with one attached hydrogen (secondary N) is 1. The average molecular weight is 346 g/mol. The largest absolute Gasteiger partial charge is 0.324 e. The highest BCUT2D eigenvalue weighted by Gasteiger charge is 2.59. The number of carbonyl (C=O) groups is 3. The van der Waals surface area contributed by atoms with Gasteiger partial charge in [0.2, 0.25) is 17.7 Å². The van der Waals surface area contributed by atoms with Gasteiger partial charge in [-0.05, 0) is 29.7 Å². The number of likely N-dealkylation sites (tertiary alicyclic amines) is 1. The number of benzene rings is 2. The molecule has 0 radical (unpaired) electrons. The first kappa shape index (κ1) is 15.3. The Kier molecular flexibility index (Phi) is 3.26. The standard InChI is InChI=1S/C21H18N2O3/c24-17(22-16-7-3-5-12-4-1-2-6-15(12)16)11-23-20(25)18-13-8-9-14(10-13)19(18)21(23)26/h1-9,13-14,18-19H,10-11H2,(H,22,24)/t13-,14-,18-,19+/m0/s1. The van der Waals surface area contributed by atoms with Crippen molar-refractivity contribution in [1.82, 2.24) is 4.90 Å². The fourth-order valence-electron chi connectivity index (χ4n) is 4.79. The van der Waals surface area contributed by atoms with Crippen molar-refractivity contribution < 1.29 is 14.4 Å². The number of anilines is 1. The Bertz CT molecular complexity index is 945. The van der Waals surface area contributed by atoms with Crippen molar-refractivity contribution in [3.8, 4) is 0 Å². The number of carbonyl (C=O) groups excluding carboxylic acids is 3. The van der Waals surface area contributed by atoms with Crippen LogP contribution in [0.4, 0.5) is 5.69 Å². The van der Waals surface area contributed by atoms with Crippen LogP contribution in [-0.2, 0) is 14.4 Å². The zero-order valence-corrected chi connectivity index (χ0v) is 14.1. The number of fused-ring (bicyclic) bond motifs is 6. The first-order valence-corrected chi connectivity index (χ1v) is 8.94. The summed E-state index contributed by atoms with van der Waals surface area (Å²) >= 11 is 0. The van der Waals surface area contributed by atoms with E-state index in [0.29, 0.717) is 5.69 Å². The van der Waals surface area contributed by atoms with E-state index in [2.05, 4.69) is 17.5 Å². The summed E-state index contributed by atoms with van der Waals surface area (Å²) in [6.45, 7) is -0.215. The second-order valence-electron chi connectivity index (χ2n) is 7.34. The molecule has 26 heavy (non-hydrogen) atoms. The molecule has 1 saturated carbocycles. The summed E-state index contributed by atoms with van der Waals surface area (Å²) in [7, 11) is 0. The zero-order chi connectivity index (χ0) is 17.8. The molecule has 1 aliphatic heterocycles. The van der Waals surface area contributed by atoms with E-state index in [0.717, 1.165) is 22.1 Å². The van der Waals surface area contributed by atoms with Gasteiger partial charge in [-0.2, -0.15) is 0 Å². The van der Waals surface area contributed by atoms with Gasteiger partial charge in [-0.15, -0.1) is 0 Å². The molecule has 5 rings (SSSR count). The lowest BCUT2D eigenvalue weighted by molar-refractivity contribution is -0.143. The van der Waals surface area contributed by atoms with Crippen LogP contribution in [0.25, 0.3) is 10.8 Å². The topological polar surface area (TPSA) is 66.5 Å². The molecule has 5 heteroatoms. The van der Waals surface area contributed by atoms with Crippen molar-refractivity contribution in [1.29, 1.82) is 0 Å². The second kappa shape index (κ2) is 5.53. The monoisotopic (exact) mass is 346 g/mol. The average Bonchev–Trinajstić information content (AvgIpc) is 3.32. The first-order valence-electron chi connectivity index (χ1n) is 8.94. The van der Waals surface area contributed by atoms with Gasteiger partial charge < -0.3 is 5.32 Å². The van der Waals surface area contributed by atoms with E-state index < -0.39 is 0 Å². The third-order valence-corrected chi connectivity index (χ3v) is 5.93. The van der Waals surface area contributed by atoms with E-state index >= 15 is 0 Å². The Morgan fingerprint density at radius 3 is 2.35 bits per heavy atom. The fraction of sp³-hybridized carbons (Fsp3) is 0.286. The normalized spacial score (nSPS) is 28.8. The summed E-state index contributed by atoms with van der Waals surface area (Å²) < 4.78 is 0. The van der Waals surface area contributed by atoms with E-state index in [9.17, 15) is 14.4 Å². The van der Waals surface area contributed by atoms with Crippen LogP contribution in [0.1, 0.15) is 6.42 Å². The number of allylic oxidation sites excluding steroid dienone is 2. The van der Waals surface area contributed by atoms with Crippen LogP contribution in [0.5, 0.6) is 0 Å². The summed E-state index contributed by atoms with van der Waals surface area (Å²) in [5.74, 6) is -0.927. The molecule has 1 saturated heterocycles. The van der Waals surface area contributed by atoms with Crippen LogP contribution in [0.3, 0.4) is 0 Å². The predicted octanol–water partition coefficient (Wildman–Crippen LogP) is 2.59. The van der Waals surface area contributed by atoms with Gasteiger partial charge in [-0.25, -0.2) is 0 Å². The highest BCUT2D eigenvalue weighted by atomic mass is 16.2. The van der Waals surface area contributed by atoms with Crippen molar-refractivity contribution in [2.75, 3.05) is 11.9 Å². The number of rotatable bonds is 3. The molecule has 1 N–H and O–H groups in total. The van der Waals surface area contributed by atoms with Crippen LogP contribution in [0.15, 0.2) is 54.6 Å². The number of hydrogen-bond donors (Lipinski definition) is 1. The van der Waals surface area contributed by atoms with Gasteiger partial charge in [0.05, 0.1) is 11.8 Å². The summed E-state index contributed by atoms with van der Waals surface area (Å²) in [6, 6.07) is 13.4. The Morgan fingerprint density at radius 1 is 0.962 bits per heavy atom. The summed E-state index contributed by atoms with van der Waals surface area (Å²) in [6.07, 6.45) is 5.00. The molecule has 0 spiro atoms. The highest BCUT2D eigenvalue weighted by molar-refractivity contribution is 6.10. The summed E-state index contributed by atoms with van der Waals surface area (Å²) in [4.78, 5) is 39.0. The van der Waals surface area contributed by atoms with E-state index in [1.54, 1.807) is 0 Å². The smallest absolute Gasteiger partial charge is 0.244 e. The zero-order valence-electron chi connectivity index (χ0n) is 14.1. The molecule has 0 unspecified atom stereocenters. The van der Waals surface area contributed by atoms with Crippen molar-refractivity contribution in [3.63, 3.8) is 0 Å². The van der Waals surface area contributed by atoms with Gasteiger partial charge in [0.1, 0.15) is 6.54 Å². The molecule has 4 atom stereocenters. The molecule has 2 fully saturated rings. The van der Waals surface area contributed by atoms with E-state index in [-0.39, 0.29) is 47.9 Å². The number of nitrogens with zero attached hydrogens (tertiary/aromatic N) is 1. The number of imide groups is 1. The highest BCUT2D eigenvalue weighted by Crippen LogP contribution is 2.52. The Balaban J connectivity index is 1.35. The SMILES string of the molecule is O=C(CN1C(=O)[C@@H]2[C@H](C1=O)[C@H]1C=C[C@H]2C1)Nc1cccc2ccccc12. The van der Waals surface area contributed by atoms with Gasteiger partial charge >= 0.3 is 0 Å². The van der Waals surface area contributed by atoms with E-state index in [1.165, 1.54) is 0 Å². The molecular formula is C21H18N2O3. The third kappa shape index (κ3) is 2.13. The molecule has 130 valence electrons. The number of amides is 3. The quantitative estimate of drug-likeness (QED) is 0.686. The minimum absolute atomic E-state index is 0.160. The van der Waals surface area contributed by atoms with Crippen molar-refractivity contribution in [2.45, 2.75) is 6.42 Å². The Labute approximate surface area is 150 Å². The minimum Gasteiger partial charge on any atom is -0.324 e. The maximum Gasteiger partial charge on any atom is 0.244 e. The molecule has 3 aliphatic rings. The fourth-order valence-corrected chi connectivity index (χ4v) is 4.79. The van der Waals surface area contributed by atoms with E-state index in [1.807, 2.05) is 42.5 Å².